The molecule has 1 atom stereocenters. The SMILES string of the molecule is Cc1cc(C)cc(CSCC(=O)N(Cc2ccc(Cl)c(Cl)c2)[C@H](Cc2ccccc2)C(=O)NC2CCCC2)c1. The van der Waals surface area contributed by atoms with Gasteiger partial charge in [-0.3, -0.25) is 9.59 Å². The van der Waals surface area contributed by atoms with Crippen LogP contribution in [0.25, 0.3) is 0 Å². The summed E-state index contributed by atoms with van der Waals surface area (Å²) in [6, 6.07) is 21.3. The molecular formula is C32H36Cl2N2O2S. The van der Waals surface area contributed by atoms with Crippen LogP contribution >= 0.6 is 35.0 Å². The number of carbonyl (C=O) groups is 2. The first-order chi connectivity index (χ1) is 18.8. The Bertz CT molecular complexity index is 1260. The second-order valence-corrected chi connectivity index (χ2v) is 12.3. The fourth-order valence-electron chi connectivity index (χ4n) is 5.25. The molecule has 1 aliphatic rings. The summed E-state index contributed by atoms with van der Waals surface area (Å²) < 4.78 is 0. The lowest BCUT2D eigenvalue weighted by atomic mass is 10.0. The molecule has 0 unspecified atom stereocenters. The van der Waals surface area contributed by atoms with Crippen LogP contribution in [0.1, 0.15) is 53.5 Å². The molecule has 0 aromatic heterocycles. The number of thioether (sulfide) groups is 1. The van der Waals surface area contributed by atoms with Gasteiger partial charge in [-0.1, -0.05) is 102 Å². The topological polar surface area (TPSA) is 49.4 Å². The molecule has 4 rings (SSSR count). The summed E-state index contributed by atoms with van der Waals surface area (Å²) in [6.07, 6.45) is 4.64. The van der Waals surface area contributed by atoms with Crippen molar-refractivity contribution in [1.29, 1.82) is 0 Å². The summed E-state index contributed by atoms with van der Waals surface area (Å²) in [5, 5.41) is 4.14. The molecule has 3 aromatic rings. The first-order valence-corrected chi connectivity index (χ1v) is 15.4. The number of benzene rings is 3. The van der Waals surface area contributed by atoms with E-state index in [1.807, 2.05) is 36.4 Å². The number of nitrogens with one attached hydrogen (secondary N) is 1. The summed E-state index contributed by atoms with van der Waals surface area (Å²) in [5.74, 6) is 0.833. The number of rotatable bonds is 11. The molecule has 1 aliphatic carbocycles. The highest BCUT2D eigenvalue weighted by Gasteiger charge is 2.32. The van der Waals surface area contributed by atoms with Crippen LogP contribution in [0.15, 0.2) is 66.7 Å². The van der Waals surface area contributed by atoms with Crippen molar-refractivity contribution in [2.24, 2.45) is 0 Å². The molecule has 1 fully saturated rings. The van der Waals surface area contributed by atoms with Crippen LogP contribution in [0.3, 0.4) is 0 Å². The normalized spacial score (nSPS) is 14.3. The van der Waals surface area contributed by atoms with E-state index in [4.69, 9.17) is 23.2 Å². The van der Waals surface area contributed by atoms with Gasteiger partial charge in [0, 0.05) is 24.8 Å². The Hall–Kier alpha value is -2.47. The summed E-state index contributed by atoms with van der Waals surface area (Å²) in [5.41, 5.74) is 5.47. The molecule has 39 heavy (non-hydrogen) atoms. The van der Waals surface area contributed by atoms with Gasteiger partial charge in [-0.2, -0.15) is 0 Å². The monoisotopic (exact) mass is 582 g/mol. The average molecular weight is 584 g/mol. The number of nitrogens with zero attached hydrogens (tertiary/aromatic N) is 1. The van der Waals surface area contributed by atoms with Crippen molar-refractivity contribution in [3.63, 3.8) is 0 Å². The summed E-state index contributed by atoms with van der Waals surface area (Å²) in [7, 11) is 0. The van der Waals surface area contributed by atoms with Crippen LogP contribution < -0.4 is 5.32 Å². The lowest BCUT2D eigenvalue weighted by Crippen LogP contribution is -2.52. The quantitative estimate of drug-likeness (QED) is 0.254. The smallest absolute Gasteiger partial charge is 0.243 e. The Kier molecular flexibility index (Phi) is 10.8. The second kappa shape index (κ2) is 14.2. The minimum atomic E-state index is -0.642. The van der Waals surface area contributed by atoms with E-state index < -0.39 is 6.04 Å². The van der Waals surface area contributed by atoms with E-state index in [0.29, 0.717) is 16.5 Å². The van der Waals surface area contributed by atoms with Gasteiger partial charge in [0.15, 0.2) is 0 Å². The molecule has 0 spiro atoms. The molecule has 0 bridgehead atoms. The van der Waals surface area contributed by atoms with Crippen LogP contribution in [0.2, 0.25) is 10.0 Å². The molecule has 3 aromatic carbocycles. The van der Waals surface area contributed by atoms with Gasteiger partial charge in [0.05, 0.1) is 15.8 Å². The van der Waals surface area contributed by atoms with Crippen LogP contribution in [-0.2, 0) is 28.3 Å². The van der Waals surface area contributed by atoms with Crippen molar-refractivity contribution >= 4 is 46.8 Å². The van der Waals surface area contributed by atoms with Crippen LogP contribution in [-0.4, -0.2) is 34.6 Å². The van der Waals surface area contributed by atoms with Crippen LogP contribution in [0.5, 0.6) is 0 Å². The van der Waals surface area contributed by atoms with Gasteiger partial charge < -0.3 is 10.2 Å². The van der Waals surface area contributed by atoms with Crippen molar-refractivity contribution in [2.75, 3.05) is 5.75 Å². The fourth-order valence-corrected chi connectivity index (χ4v) is 6.41. The van der Waals surface area contributed by atoms with Gasteiger partial charge in [-0.15, -0.1) is 11.8 Å². The molecule has 1 N–H and O–H groups in total. The zero-order chi connectivity index (χ0) is 27.8. The molecule has 4 nitrogen and oxygen atoms in total. The number of hydrogen-bond acceptors (Lipinski definition) is 3. The van der Waals surface area contributed by atoms with Crippen molar-refractivity contribution in [3.05, 3.63) is 105 Å². The average Bonchev–Trinajstić information content (AvgIpc) is 3.41. The van der Waals surface area contributed by atoms with E-state index in [1.54, 1.807) is 28.8 Å². The maximum Gasteiger partial charge on any atom is 0.243 e. The molecule has 0 saturated heterocycles. The summed E-state index contributed by atoms with van der Waals surface area (Å²) >= 11 is 14.1. The third-order valence-corrected chi connectivity index (χ3v) is 8.81. The van der Waals surface area contributed by atoms with E-state index in [1.165, 1.54) is 16.7 Å². The zero-order valence-corrected chi connectivity index (χ0v) is 24.9. The molecule has 0 heterocycles. The van der Waals surface area contributed by atoms with Gasteiger partial charge in [0.25, 0.3) is 0 Å². The number of carbonyl (C=O) groups excluding carboxylic acids is 2. The van der Waals surface area contributed by atoms with Crippen LogP contribution in [0, 0.1) is 13.8 Å². The highest BCUT2D eigenvalue weighted by atomic mass is 35.5. The lowest BCUT2D eigenvalue weighted by molar-refractivity contribution is -0.139. The first-order valence-electron chi connectivity index (χ1n) is 13.5. The Labute approximate surface area is 246 Å². The Balaban J connectivity index is 1.58. The molecule has 0 aliphatic heterocycles. The van der Waals surface area contributed by atoms with E-state index in [2.05, 4.69) is 37.4 Å². The summed E-state index contributed by atoms with van der Waals surface area (Å²) in [4.78, 5) is 29.4. The number of amides is 2. The van der Waals surface area contributed by atoms with Crippen molar-refractivity contribution in [3.8, 4) is 0 Å². The van der Waals surface area contributed by atoms with Gasteiger partial charge in [0.1, 0.15) is 6.04 Å². The first kappa shape index (κ1) is 29.5. The molecular weight excluding hydrogens is 547 g/mol. The third kappa shape index (κ3) is 8.76. The minimum Gasteiger partial charge on any atom is -0.352 e. The molecule has 0 radical (unpaired) electrons. The van der Waals surface area contributed by atoms with E-state index in [-0.39, 0.29) is 30.2 Å². The molecule has 1 saturated carbocycles. The largest absolute Gasteiger partial charge is 0.352 e. The van der Waals surface area contributed by atoms with Crippen molar-refractivity contribution in [2.45, 2.75) is 70.3 Å². The molecule has 7 heteroatoms. The van der Waals surface area contributed by atoms with Crippen molar-refractivity contribution in [1.82, 2.24) is 10.2 Å². The number of halogens is 2. The van der Waals surface area contributed by atoms with E-state index in [9.17, 15) is 9.59 Å². The van der Waals surface area contributed by atoms with Gasteiger partial charge in [-0.05, 0) is 55.5 Å². The standard InChI is InChI=1S/C32H36Cl2N2O2S/c1-22-14-23(2)16-26(15-22)20-39-21-31(37)36(19-25-12-13-28(33)29(34)17-25)30(18-24-8-4-3-5-9-24)32(38)35-27-10-6-7-11-27/h3-5,8-9,12-17,27,30H,6-7,10-11,18-21H2,1-2H3,(H,35,38)/t30-/m1/s1. The lowest BCUT2D eigenvalue weighted by Gasteiger charge is -2.32. The molecule has 2 amide bonds. The number of aryl methyl sites for hydroxylation is 2. The predicted molar refractivity (Wildman–Crippen MR) is 163 cm³/mol. The minimum absolute atomic E-state index is 0.0713. The highest BCUT2D eigenvalue weighted by Crippen LogP contribution is 2.26. The molecule has 206 valence electrons. The predicted octanol–water partition coefficient (Wildman–Crippen LogP) is 7.54. The Morgan fingerprint density at radius 2 is 1.59 bits per heavy atom. The van der Waals surface area contributed by atoms with Crippen molar-refractivity contribution < 1.29 is 9.59 Å². The van der Waals surface area contributed by atoms with Crippen LogP contribution in [0.4, 0.5) is 0 Å². The van der Waals surface area contributed by atoms with E-state index >= 15 is 0 Å². The van der Waals surface area contributed by atoms with Gasteiger partial charge in [0.2, 0.25) is 11.8 Å². The third-order valence-electron chi connectivity index (χ3n) is 7.09. The van der Waals surface area contributed by atoms with Gasteiger partial charge in [-0.25, -0.2) is 0 Å². The number of hydrogen-bond donors (Lipinski definition) is 1. The zero-order valence-electron chi connectivity index (χ0n) is 22.6. The summed E-state index contributed by atoms with van der Waals surface area (Å²) in [6.45, 7) is 4.44. The second-order valence-electron chi connectivity index (χ2n) is 10.5. The maximum atomic E-state index is 13.9. The fraction of sp³-hybridized carbons (Fsp3) is 0.375. The van der Waals surface area contributed by atoms with E-state index in [0.717, 1.165) is 42.6 Å². The Morgan fingerprint density at radius 1 is 0.897 bits per heavy atom. The maximum absolute atomic E-state index is 13.9. The Morgan fingerprint density at radius 3 is 2.26 bits per heavy atom. The highest BCUT2D eigenvalue weighted by molar-refractivity contribution is 7.99. The van der Waals surface area contributed by atoms with Gasteiger partial charge >= 0.3 is 0 Å².